The van der Waals surface area contributed by atoms with E-state index < -0.39 is 5.97 Å². The smallest absolute Gasteiger partial charge is 0.335 e. The SMILES string of the molecule is CCCCn1c(O)c(Cc2ccc(C(=O)O)cc2)[nH]c1=O. The van der Waals surface area contributed by atoms with E-state index in [1.54, 1.807) is 12.1 Å². The number of aromatic amines is 1. The van der Waals surface area contributed by atoms with Crippen molar-refractivity contribution >= 4 is 5.97 Å². The van der Waals surface area contributed by atoms with Gasteiger partial charge in [0, 0.05) is 13.0 Å². The van der Waals surface area contributed by atoms with Gasteiger partial charge in [0.1, 0.15) is 0 Å². The van der Waals surface area contributed by atoms with Gasteiger partial charge in [-0.3, -0.25) is 4.57 Å². The van der Waals surface area contributed by atoms with Crippen molar-refractivity contribution in [2.75, 3.05) is 0 Å². The zero-order valence-corrected chi connectivity index (χ0v) is 11.8. The zero-order valence-electron chi connectivity index (χ0n) is 11.8. The molecule has 0 amide bonds. The molecule has 6 heteroatoms. The summed E-state index contributed by atoms with van der Waals surface area (Å²) in [4.78, 5) is 25.2. The highest BCUT2D eigenvalue weighted by atomic mass is 16.4. The fourth-order valence-corrected chi connectivity index (χ4v) is 2.13. The van der Waals surface area contributed by atoms with E-state index in [1.165, 1.54) is 16.7 Å². The molecule has 112 valence electrons. The number of unbranched alkanes of at least 4 members (excludes halogenated alkanes) is 1. The average molecular weight is 290 g/mol. The predicted octanol–water partition coefficient (Wildman–Crippen LogP) is 1.97. The second-order valence-electron chi connectivity index (χ2n) is 4.92. The highest BCUT2D eigenvalue weighted by Gasteiger charge is 2.13. The normalized spacial score (nSPS) is 10.7. The van der Waals surface area contributed by atoms with E-state index in [2.05, 4.69) is 4.98 Å². The number of aromatic carboxylic acids is 1. The Bertz CT molecular complexity index is 683. The molecule has 6 nitrogen and oxygen atoms in total. The van der Waals surface area contributed by atoms with Crippen LogP contribution in [0.15, 0.2) is 29.1 Å². The molecule has 2 aromatic rings. The highest BCUT2D eigenvalue weighted by Crippen LogP contribution is 2.18. The maximum atomic E-state index is 11.8. The van der Waals surface area contributed by atoms with Crippen LogP contribution in [0.3, 0.4) is 0 Å². The lowest BCUT2D eigenvalue weighted by molar-refractivity contribution is 0.0697. The molecule has 0 unspecified atom stereocenters. The topological polar surface area (TPSA) is 95.3 Å². The molecule has 1 aromatic carbocycles. The minimum atomic E-state index is -0.983. The molecule has 0 saturated heterocycles. The van der Waals surface area contributed by atoms with Crippen LogP contribution in [-0.2, 0) is 13.0 Å². The summed E-state index contributed by atoms with van der Waals surface area (Å²) in [5, 5.41) is 18.9. The number of carboxylic acids is 1. The van der Waals surface area contributed by atoms with E-state index in [9.17, 15) is 14.7 Å². The molecule has 0 atom stereocenters. The summed E-state index contributed by atoms with van der Waals surface area (Å²) in [7, 11) is 0. The number of carboxylic acid groups (broad SMARTS) is 1. The Hall–Kier alpha value is -2.50. The molecule has 0 aliphatic heterocycles. The maximum absolute atomic E-state index is 11.8. The zero-order chi connectivity index (χ0) is 15.4. The lowest BCUT2D eigenvalue weighted by Gasteiger charge is -2.03. The van der Waals surface area contributed by atoms with Gasteiger partial charge in [-0.2, -0.15) is 0 Å². The number of aromatic hydroxyl groups is 1. The van der Waals surface area contributed by atoms with E-state index in [0.717, 1.165) is 18.4 Å². The fourth-order valence-electron chi connectivity index (χ4n) is 2.13. The first-order valence-corrected chi connectivity index (χ1v) is 6.85. The number of hydrogen-bond donors (Lipinski definition) is 3. The quantitative estimate of drug-likeness (QED) is 0.758. The van der Waals surface area contributed by atoms with Gasteiger partial charge in [0.15, 0.2) is 0 Å². The second-order valence-corrected chi connectivity index (χ2v) is 4.92. The van der Waals surface area contributed by atoms with Crippen molar-refractivity contribution in [2.24, 2.45) is 0 Å². The number of imidazole rings is 1. The molecule has 0 saturated carbocycles. The summed E-state index contributed by atoms with van der Waals surface area (Å²) in [6.07, 6.45) is 2.10. The third-order valence-electron chi connectivity index (χ3n) is 3.35. The molecule has 0 aliphatic carbocycles. The number of rotatable bonds is 6. The van der Waals surface area contributed by atoms with Crippen molar-refractivity contribution in [2.45, 2.75) is 32.7 Å². The van der Waals surface area contributed by atoms with Gasteiger partial charge in [0.25, 0.3) is 0 Å². The molecule has 21 heavy (non-hydrogen) atoms. The van der Waals surface area contributed by atoms with Crippen molar-refractivity contribution in [3.05, 3.63) is 51.6 Å². The number of nitrogens with zero attached hydrogens (tertiary/aromatic N) is 1. The second kappa shape index (κ2) is 6.30. The molecular weight excluding hydrogens is 272 g/mol. The first kappa shape index (κ1) is 14.9. The van der Waals surface area contributed by atoms with Crippen molar-refractivity contribution in [3.8, 4) is 5.88 Å². The highest BCUT2D eigenvalue weighted by molar-refractivity contribution is 5.87. The number of nitrogens with one attached hydrogen (secondary N) is 1. The van der Waals surface area contributed by atoms with E-state index in [0.29, 0.717) is 18.7 Å². The van der Waals surface area contributed by atoms with Crippen molar-refractivity contribution in [1.29, 1.82) is 0 Å². The number of H-pyrrole nitrogens is 1. The predicted molar refractivity (Wildman–Crippen MR) is 77.8 cm³/mol. The standard InChI is InChI=1S/C15H18N2O4/c1-2-3-8-17-13(18)12(16-15(17)21)9-10-4-6-11(7-5-10)14(19)20/h4-7,18H,2-3,8-9H2,1H3,(H,16,21)(H,19,20). The van der Waals surface area contributed by atoms with Gasteiger partial charge in [-0.1, -0.05) is 25.5 Å². The molecule has 1 aromatic heterocycles. The van der Waals surface area contributed by atoms with Crippen LogP contribution in [0.1, 0.15) is 41.4 Å². The van der Waals surface area contributed by atoms with Crippen LogP contribution in [0.25, 0.3) is 0 Å². The first-order chi connectivity index (χ1) is 10.0. The Labute approximate surface area is 121 Å². The molecule has 0 aliphatic rings. The maximum Gasteiger partial charge on any atom is 0.335 e. The van der Waals surface area contributed by atoms with E-state index in [4.69, 9.17) is 5.11 Å². The monoisotopic (exact) mass is 290 g/mol. The number of benzene rings is 1. The summed E-state index contributed by atoms with van der Waals surface area (Å²) < 4.78 is 1.32. The molecular formula is C15H18N2O4. The van der Waals surface area contributed by atoms with Crippen LogP contribution in [0, 0.1) is 0 Å². The first-order valence-electron chi connectivity index (χ1n) is 6.85. The van der Waals surface area contributed by atoms with E-state index in [-0.39, 0.29) is 17.1 Å². The lowest BCUT2D eigenvalue weighted by atomic mass is 10.1. The number of hydrogen-bond acceptors (Lipinski definition) is 3. The third kappa shape index (κ3) is 3.34. The minimum Gasteiger partial charge on any atom is -0.493 e. The van der Waals surface area contributed by atoms with Crippen LogP contribution in [0.5, 0.6) is 5.88 Å². The lowest BCUT2D eigenvalue weighted by Crippen LogP contribution is -2.16. The van der Waals surface area contributed by atoms with Gasteiger partial charge < -0.3 is 15.2 Å². The molecule has 0 spiro atoms. The van der Waals surface area contributed by atoms with Gasteiger partial charge in [-0.15, -0.1) is 0 Å². The Morgan fingerprint density at radius 2 is 1.95 bits per heavy atom. The van der Waals surface area contributed by atoms with Gasteiger partial charge in [-0.25, -0.2) is 9.59 Å². The number of carbonyl (C=O) groups is 1. The Kier molecular flexibility index (Phi) is 4.47. The van der Waals surface area contributed by atoms with E-state index in [1.807, 2.05) is 6.92 Å². The van der Waals surface area contributed by atoms with E-state index >= 15 is 0 Å². The molecule has 1 heterocycles. The summed E-state index contributed by atoms with van der Waals surface area (Å²) in [6.45, 7) is 2.50. The molecule has 0 bridgehead atoms. The number of aromatic nitrogens is 2. The average Bonchev–Trinajstić information content (AvgIpc) is 2.72. The van der Waals surface area contributed by atoms with Crippen molar-refractivity contribution < 1.29 is 15.0 Å². The van der Waals surface area contributed by atoms with Gasteiger partial charge in [-0.05, 0) is 24.1 Å². The van der Waals surface area contributed by atoms with Gasteiger partial charge >= 0.3 is 11.7 Å². The van der Waals surface area contributed by atoms with Crippen LogP contribution in [0.4, 0.5) is 0 Å². The summed E-state index contributed by atoms with van der Waals surface area (Å²) >= 11 is 0. The van der Waals surface area contributed by atoms with Crippen LogP contribution in [-0.4, -0.2) is 25.7 Å². The Morgan fingerprint density at radius 3 is 2.52 bits per heavy atom. The summed E-state index contributed by atoms with van der Waals surface area (Å²) in [5.41, 5.74) is 1.15. The Morgan fingerprint density at radius 1 is 1.29 bits per heavy atom. The van der Waals surface area contributed by atoms with Crippen LogP contribution in [0.2, 0.25) is 0 Å². The van der Waals surface area contributed by atoms with Crippen molar-refractivity contribution in [3.63, 3.8) is 0 Å². The molecule has 2 rings (SSSR count). The molecule has 3 N–H and O–H groups in total. The van der Waals surface area contributed by atoms with Crippen molar-refractivity contribution in [1.82, 2.24) is 9.55 Å². The van der Waals surface area contributed by atoms with Gasteiger partial charge in [0.2, 0.25) is 5.88 Å². The summed E-state index contributed by atoms with van der Waals surface area (Å²) in [5.74, 6) is -1.03. The third-order valence-corrected chi connectivity index (χ3v) is 3.35. The molecule has 0 fully saturated rings. The van der Waals surface area contributed by atoms with Crippen LogP contribution >= 0.6 is 0 Å². The summed E-state index contributed by atoms with van der Waals surface area (Å²) in [6, 6.07) is 6.34. The molecule has 0 radical (unpaired) electrons. The van der Waals surface area contributed by atoms with Gasteiger partial charge in [0.05, 0.1) is 11.3 Å². The largest absolute Gasteiger partial charge is 0.493 e. The Balaban J connectivity index is 2.19. The van der Waals surface area contributed by atoms with Crippen LogP contribution < -0.4 is 5.69 Å². The minimum absolute atomic E-state index is 0.0456. The fraction of sp³-hybridized carbons (Fsp3) is 0.333.